The average Bonchev–Trinajstić information content (AvgIpc) is 3.38. The Bertz CT molecular complexity index is 964. The summed E-state index contributed by atoms with van der Waals surface area (Å²) < 4.78 is 2.23. The minimum absolute atomic E-state index is 0.0367. The second kappa shape index (κ2) is 7.24. The number of hydrogen-bond acceptors (Lipinski definition) is 3. The topological polar surface area (TPSA) is 50.2 Å². The molecule has 1 saturated heterocycles. The molecule has 5 nitrogen and oxygen atoms in total. The Morgan fingerprint density at radius 3 is 2.25 bits per heavy atom. The highest BCUT2D eigenvalue weighted by Gasteiger charge is 2.30. The van der Waals surface area contributed by atoms with Crippen LogP contribution in [0.4, 0.5) is 0 Å². The van der Waals surface area contributed by atoms with Gasteiger partial charge in [0.25, 0.3) is 5.91 Å². The van der Waals surface area contributed by atoms with Crippen LogP contribution in [0.25, 0.3) is 11.3 Å². The van der Waals surface area contributed by atoms with Crippen molar-refractivity contribution in [2.45, 2.75) is 18.9 Å². The van der Waals surface area contributed by atoms with Crippen molar-refractivity contribution in [3.63, 3.8) is 0 Å². The lowest BCUT2D eigenvalue weighted by Crippen LogP contribution is -2.46. The van der Waals surface area contributed by atoms with Gasteiger partial charge in [-0.15, -0.1) is 0 Å². The second-order valence-electron chi connectivity index (χ2n) is 7.59. The first-order valence-electron chi connectivity index (χ1n) is 10.0. The molecule has 3 aromatic rings. The van der Waals surface area contributed by atoms with Gasteiger partial charge in [-0.1, -0.05) is 54.6 Å². The normalized spacial score (nSPS) is 16.9. The molecule has 1 aliphatic heterocycles. The standard InChI is InChI=1S/C23H24N4O/c28-23(26-12-10-24-11-13-26)21-22(17-6-2-1-3-7-17)27(16-25-21)20-14-18-8-4-5-9-19(18)15-20/h1-9,16,20,24H,10-15H2. The zero-order valence-corrected chi connectivity index (χ0v) is 15.8. The van der Waals surface area contributed by atoms with Gasteiger partial charge in [-0.2, -0.15) is 0 Å². The first kappa shape index (κ1) is 17.2. The summed E-state index contributed by atoms with van der Waals surface area (Å²) >= 11 is 0. The van der Waals surface area contributed by atoms with E-state index in [-0.39, 0.29) is 5.91 Å². The van der Waals surface area contributed by atoms with E-state index in [2.05, 4.69) is 51.3 Å². The molecule has 1 amide bonds. The molecule has 0 saturated carbocycles. The fraction of sp³-hybridized carbons (Fsp3) is 0.304. The third-order valence-electron chi connectivity index (χ3n) is 5.87. The lowest BCUT2D eigenvalue weighted by atomic mass is 10.1. The Kier molecular flexibility index (Phi) is 4.45. The lowest BCUT2D eigenvalue weighted by molar-refractivity contribution is 0.0731. The fourth-order valence-electron chi connectivity index (χ4n) is 4.43. The minimum Gasteiger partial charge on any atom is -0.335 e. The number of carbonyl (C=O) groups excluding carboxylic acids is 1. The van der Waals surface area contributed by atoms with Crippen LogP contribution < -0.4 is 5.32 Å². The largest absolute Gasteiger partial charge is 0.335 e. The van der Waals surface area contributed by atoms with Crippen LogP contribution in [-0.4, -0.2) is 46.5 Å². The quantitative estimate of drug-likeness (QED) is 0.769. The molecule has 5 heteroatoms. The highest BCUT2D eigenvalue weighted by atomic mass is 16.2. The van der Waals surface area contributed by atoms with E-state index in [9.17, 15) is 4.79 Å². The summed E-state index contributed by atoms with van der Waals surface area (Å²) in [6, 6.07) is 19.1. The van der Waals surface area contributed by atoms with Gasteiger partial charge in [0, 0.05) is 37.8 Å². The van der Waals surface area contributed by atoms with Crippen LogP contribution >= 0.6 is 0 Å². The Balaban J connectivity index is 1.55. The molecule has 0 atom stereocenters. The number of benzene rings is 2. The summed E-state index contributed by atoms with van der Waals surface area (Å²) in [6.45, 7) is 3.14. The number of nitrogens with zero attached hydrogens (tertiary/aromatic N) is 3. The number of fused-ring (bicyclic) bond motifs is 1. The van der Waals surface area contributed by atoms with Crippen LogP contribution in [0.3, 0.4) is 0 Å². The molecular formula is C23H24N4O. The summed E-state index contributed by atoms with van der Waals surface area (Å²) in [5.41, 5.74) is 5.37. The second-order valence-corrected chi connectivity index (χ2v) is 7.59. The number of hydrogen-bond donors (Lipinski definition) is 1. The minimum atomic E-state index is 0.0367. The van der Waals surface area contributed by atoms with Crippen LogP contribution in [0.1, 0.15) is 27.7 Å². The zero-order valence-electron chi connectivity index (χ0n) is 15.8. The Hall–Kier alpha value is -2.92. The molecule has 2 heterocycles. The van der Waals surface area contributed by atoms with Crippen LogP contribution in [0.2, 0.25) is 0 Å². The van der Waals surface area contributed by atoms with Crippen molar-refractivity contribution in [1.29, 1.82) is 0 Å². The maximum absolute atomic E-state index is 13.3. The number of aromatic nitrogens is 2. The van der Waals surface area contributed by atoms with Crippen molar-refractivity contribution in [3.8, 4) is 11.3 Å². The van der Waals surface area contributed by atoms with Crippen LogP contribution in [0.5, 0.6) is 0 Å². The van der Waals surface area contributed by atoms with Gasteiger partial charge in [-0.3, -0.25) is 4.79 Å². The molecule has 0 radical (unpaired) electrons. The lowest BCUT2D eigenvalue weighted by Gasteiger charge is -2.27. The smallest absolute Gasteiger partial charge is 0.274 e. The van der Waals surface area contributed by atoms with E-state index in [1.54, 1.807) is 0 Å². The predicted molar refractivity (Wildman–Crippen MR) is 109 cm³/mol. The molecule has 1 aliphatic carbocycles. The first-order valence-corrected chi connectivity index (χ1v) is 10.0. The molecule has 2 aliphatic rings. The fourth-order valence-corrected chi connectivity index (χ4v) is 4.43. The third kappa shape index (κ3) is 3.02. The van der Waals surface area contributed by atoms with E-state index in [1.807, 2.05) is 29.4 Å². The zero-order chi connectivity index (χ0) is 18.9. The van der Waals surface area contributed by atoms with E-state index in [0.717, 1.165) is 50.3 Å². The van der Waals surface area contributed by atoms with Crippen molar-refractivity contribution in [1.82, 2.24) is 19.8 Å². The summed E-state index contributed by atoms with van der Waals surface area (Å²) in [4.78, 5) is 19.8. The maximum atomic E-state index is 13.3. The number of piperazine rings is 1. The molecule has 1 N–H and O–H groups in total. The van der Waals surface area contributed by atoms with Gasteiger partial charge in [0.15, 0.2) is 5.69 Å². The van der Waals surface area contributed by atoms with Gasteiger partial charge in [0.05, 0.1) is 12.0 Å². The number of amides is 1. The summed E-state index contributed by atoms with van der Waals surface area (Å²) in [6.07, 6.45) is 3.83. The van der Waals surface area contributed by atoms with Crippen molar-refractivity contribution >= 4 is 5.91 Å². The Morgan fingerprint density at radius 2 is 1.57 bits per heavy atom. The molecule has 2 aromatic carbocycles. The molecule has 142 valence electrons. The maximum Gasteiger partial charge on any atom is 0.274 e. The molecule has 1 fully saturated rings. The number of rotatable bonds is 3. The van der Waals surface area contributed by atoms with Gasteiger partial charge >= 0.3 is 0 Å². The van der Waals surface area contributed by atoms with E-state index in [0.29, 0.717) is 11.7 Å². The van der Waals surface area contributed by atoms with E-state index >= 15 is 0 Å². The number of imidazole rings is 1. The number of nitrogens with one attached hydrogen (secondary N) is 1. The summed E-state index contributed by atoms with van der Waals surface area (Å²) in [7, 11) is 0. The molecule has 0 bridgehead atoms. The van der Waals surface area contributed by atoms with E-state index in [4.69, 9.17) is 0 Å². The molecule has 1 aromatic heterocycles. The van der Waals surface area contributed by atoms with Crippen molar-refractivity contribution in [2.75, 3.05) is 26.2 Å². The Labute approximate surface area is 165 Å². The van der Waals surface area contributed by atoms with Crippen LogP contribution in [0.15, 0.2) is 60.9 Å². The van der Waals surface area contributed by atoms with Crippen LogP contribution in [0, 0.1) is 0 Å². The van der Waals surface area contributed by atoms with Crippen LogP contribution in [-0.2, 0) is 12.8 Å². The molecule has 28 heavy (non-hydrogen) atoms. The Morgan fingerprint density at radius 1 is 0.929 bits per heavy atom. The van der Waals surface area contributed by atoms with Gasteiger partial charge in [-0.05, 0) is 24.0 Å². The van der Waals surface area contributed by atoms with E-state index < -0.39 is 0 Å². The highest BCUT2D eigenvalue weighted by molar-refractivity contribution is 5.98. The number of carbonyl (C=O) groups is 1. The summed E-state index contributed by atoms with van der Waals surface area (Å²) in [5.74, 6) is 0.0367. The van der Waals surface area contributed by atoms with Crippen molar-refractivity contribution in [3.05, 3.63) is 77.7 Å². The molecule has 0 unspecified atom stereocenters. The van der Waals surface area contributed by atoms with Crippen molar-refractivity contribution in [2.24, 2.45) is 0 Å². The van der Waals surface area contributed by atoms with Gasteiger partial charge < -0.3 is 14.8 Å². The molecule has 5 rings (SSSR count). The van der Waals surface area contributed by atoms with E-state index in [1.165, 1.54) is 11.1 Å². The molecular weight excluding hydrogens is 348 g/mol. The first-order chi connectivity index (χ1) is 13.8. The highest BCUT2D eigenvalue weighted by Crippen LogP contribution is 2.35. The monoisotopic (exact) mass is 372 g/mol. The average molecular weight is 372 g/mol. The third-order valence-corrected chi connectivity index (χ3v) is 5.87. The van der Waals surface area contributed by atoms with Gasteiger partial charge in [0.2, 0.25) is 0 Å². The predicted octanol–water partition coefficient (Wildman–Crippen LogP) is 2.94. The van der Waals surface area contributed by atoms with Gasteiger partial charge in [0.1, 0.15) is 0 Å². The SMILES string of the molecule is O=C(c1ncn(C2Cc3ccccc3C2)c1-c1ccccc1)N1CCNCC1. The summed E-state index contributed by atoms with van der Waals surface area (Å²) in [5, 5.41) is 3.31. The molecule has 0 spiro atoms. The van der Waals surface area contributed by atoms with Gasteiger partial charge in [-0.25, -0.2) is 4.98 Å². The van der Waals surface area contributed by atoms with Crippen molar-refractivity contribution < 1.29 is 4.79 Å².